The summed E-state index contributed by atoms with van der Waals surface area (Å²) in [4.78, 5) is 0. The van der Waals surface area contributed by atoms with Crippen LogP contribution in [0.25, 0.3) is 0 Å². The van der Waals surface area contributed by atoms with Gasteiger partial charge < -0.3 is 15.6 Å². The second-order valence-electron chi connectivity index (χ2n) is 4.43. The maximum Gasteiger partial charge on any atom is 0.136 e. The Morgan fingerprint density at radius 2 is 2.06 bits per heavy atom. The molecular weight excluding hydrogens is 202 g/mol. The van der Waals surface area contributed by atoms with Crippen LogP contribution >= 0.6 is 0 Å². The van der Waals surface area contributed by atoms with E-state index in [4.69, 9.17) is 4.74 Å². The molecule has 0 aliphatic carbocycles. The lowest BCUT2D eigenvalue weighted by Crippen LogP contribution is -2.56. The number of ether oxygens (including phenoxy) is 1. The molecule has 1 atom stereocenters. The van der Waals surface area contributed by atoms with Crippen molar-refractivity contribution in [3.05, 3.63) is 29.3 Å². The van der Waals surface area contributed by atoms with Crippen molar-refractivity contribution in [2.45, 2.75) is 32.8 Å². The van der Waals surface area contributed by atoms with Crippen LogP contribution in [0.15, 0.2) is 18.2 Å². The Bertz CT molecular complexity index is 337. The Labute approximate surface area is 97.2 Å². The quantitative estimate of drug-likeness (QED) is 0.787. The van der Waals surface area contributed by atoms with E-state index in [2.05, 4.69) is 32.6 Å². The van der Waals surface area contributed by atoms with Crippen molar-refractivity contribution in [2.75, 3.05) is 13.2 Å². The van der Waals surface area contributed by atoms with E-state index in [1.807, 2.05) is 12.1 Å². The Hall–Kier alpha value is -1.06. The summed E-state index contributed by atoms with van der Waals surface area (Å²) >= 11 is 0. The summed E-state index contributed by atoms with van der Waals surface area (Å²) in [6.45, 7) is 7.22. The highest BCUT2D eigenvalue weighted by atomic mass is 16.5. The first kappa shape index (κ1) is 13.0. The molecule has 4 N–H and O–H groups in total. The van der Waals surface area contributed by atoms with Crippen LogP contribution in [0, 0.1) is 6.92 Å². The van der Waals surface area contributed by atoms with Gasteiger partial charge in [0.25, 0.3) is 0 Å². The van der Waals surface area contributed by atoms with Gasteiger partial charge in [-0.3, -0.25) is 0 Å². The first-order valence-electron chi connectivity index (χ1n) is 5.75. The Morgan fingerprint density at radius 3 is 2.56 bits per heavy atom. The second kappa shape index (κ2) is 5.87. The normalized spacial score (nSPS) is 12.9. The summed E-state index contributed by atoms with van der Waals surface area (Å²) in [6.07, 6.45) is -0.481. The molecule has 0 heterocycles. The molecular formula is C13H22NO2+. The third kappa shape index (κ3) is 3.51. The predicted octanol–water partition coefficient (Wildman–Crippen LogP) is 1.10. The van der Waals surface area contributed by atoms with Gasteiger partial charge in [-0.2, -0.15) is 0 Å². The molecule has 0 fully saturated rings. The van der Waals surface area contributed by atoms with Crippen LogP contribution in [0.4, 0.5) is 0 Å². The van der Waals surface area contributed by atoms with Crippen LogP contribution in [0.5, 0.6) is 5.75 Å². The predicted molar refractivity (Wildman–Crippen MR) is 64.5 cm³/mol. The summed E-state index contributed by atoms with van der Waals surface area (Å²) in [5, 5.41) is 9.34. The number of hydrogen-bond donors (Lipinski definition) is 2. The van der Waals surface area contributed by atoms with Crippen molar-refractivity contribution in [1.82, 2.24) is 0 Å². The average molecular weight is 224 g/mol. The molecule has 0 bridgehead atoms. The third-order valence-corrected chi connectivity index (χ3v) is 2.64. The van der Waals surface area contributed by atoms with Gasteiger partial charge in [-0.15, -0.1) is 0 Å². The Balaban J connectivity index is 2.66. The smallest absolute Gasteiger partial charge is 0.136 e. The Morgan fingerprint density at radius 1 is 1.38 bits per heavy atom. The number of hydrogen-bond acceptors (Lipinski definition) is 2. The monoisotopic (exact) mass is 224 g/mol. The summed E-state index contributed by atoms with van der Waals surface area (Å²) in [7, 11) is 0. The second-order valence-corrected chi connectivity index (χ2v) is 4.43. The van der Waals surface area contributed by atoms with Gasteiger partial charge in [0.1, 0.15) is 25.0 Å². The topological polar surface area (TPSA) is 57.1 Å². The molecule has 0 saturated heterocycles. The largest absolute Gasteiger partial charge is 0.491 e. The first-order valence-corrected chi connectivity index (χ1v) is 5.75. The van der Waals surface area contributed by atoms with Crippen LogP contribution in [0.3, 0.4) is 0 Å². The fourth-order valence-corrected chi connectivity index (χ4v) is 1.66. The number of aryl methyl sites for hydroxylation is 1. The summed E-state index contributed by atoms with van der Waals surface area (Å²) in [6, 6.07) is 6.06. The number of aliphatic hydroxyl groups is 1. The average Bonchev–Trinajstić information content (AvgIpc) is 2.25. The zero-order valence-electron chi connectivity index (χ0n) is 10.4. The van der Waals surface area contributed by atoms with Crippen LogP contribution in [-0.2, 0) is 0 Å². The summed E-state index contributed by atoms with van der Waals surface area (Å²) < 4.78 is 5.48. The molecule has 0 aliphatic rings. The van der Waals surface area contributed by atoms with Gasteiger partial charge in [0.2, 0.25) is 0 Å². The standard InChI is InChI=1S/C13H21NO2/c1-9(2)13-5-4-12(6-10(13)3)16-8-11(15)7-14/h4-6,9,11,15H,7-8,14H2,1-3H3/p+1/t11-/m0/s1. The van der Waals surface area contributed by atoms with Gasteiger partial charge in [-0.25, -0.2) is 0 Å². The van der Waals surface area contributed by atoms with Gasteiger partial charge in [0.05, 0.1) is 0 Å². The van der Waals surface area contributed by atoms with Crippen molar-refractivity contribution in [1.29, 1.82) is 0 Å². The Kier molecular flexibility index (Phi) is 4.77. The molecule has 1 aromatic rings. The van der Waals surface area contributed by atoms with E-state index in [0.29, 0.717) is 19.1 Å². The van der Waals surface area contributed by atoms with Crippen LogP contribution in [0.1, 0.15) is 30.9 Å². The molecule has 16 heavy (non-hydrogen) atoms. The minimum atomic E-state index is -0.481. The van der Waals surface area contributed by atoms with E-state index in [1.54, 1.807) is 0 Å². The van der Waals surface area contributed by atoms with Crippen LogP contribution in [-0.4, -0.2) is 24.4 Å². The minimum absolute atomic E-state index is 0.309. The summed E-state index contributed by atoms with van der Waals surface area (Å²) in [5.74, 6) is 1.34. The molecule has 1 rings (SSSR count). The fraction of sp³-hybridized carbons (Fsp3) is 0.538. The van der Waals surface area contributed by atoms with E-state index in [1.165, 1.54) is 11.1 Å². The van der Waals surface area contributed by atoms with Crippen LogP contribution < -0.4 is 10.5 Å². The van der Waals surface area contributed by atoms with E-state index >= 15 is 0 Å². The zero-order valence-corrected chi connectivity index (χ0v) is 10.4. The number of rotatable bonds is 5. The number of quaternary nitrogens is 1. The highest BCUT2D eigenvalue weighted by Crippen LogP contribution is 2.23. The molecule has 0 saturated carbocycles. The summed E-state index contributed by atoms with van der Waals surface area (Å²) in [5.41, 5.74) is 6.19. The number of aliphatic hydroxyl groups excluding tert-OH is 1. The van der Waals surface area contributed by atoms with Gasteiger partial charge >= 0.3 is 0 Å². The van der Waals surface area contributed by atoms with Gasteiger partial charge in [0.15, 0.2) is 0 Å². The highest BCUT2D eigenvalue weighted by Gasteiger charge is 2.07. The van der Waals surface area contributed by atoms with E-state index in [0.717, 1.165) is 5.75 Å². The lowest BCUT2D eigenvalue weighted by Gasteiger charge is -2.13. The highest BCUT2D eigenvalue weighted by molar-refractivity contribution is 5.36. The zero-order chi connectivity index (χ0) is 12.1. The maximum absolute atomic E-state index is 9.34. The van der Waals surface area contributed by atoms with Crippen molar-refractivity contribution in [2.24, 2.45) is 0 Å². The molecule has 3 nitrogen and oxygen atoms in total. The first-order chi connectivity index (χ1) is 7.54. The molecule has 0 amide bonds. The molecule has 0 aromatic heterocycles. The van der Waals surface area contributed by atoms with Crippen molar-refractivity contribution < 1.29 is 15.6 Å². The fourth-order valence-electron chi connectivity index (χ4n) is 1.66. The van der Waals surface area contributed by atoms with Crippen molar-refractivity contribution in [3.63, 3.8) is 0 Å². The number of benzene rings is 1. The third-order valence-electron chi connectivity index (χ3n) is 2.64. The molecule has 0 unspecified atom stereocenters. The lowest BCUT2D eigenvalue weighted by atomic mass is 9.98. The molecule has 0 radical (unpaired) electrons. The van der Waals surface area contributed by atoms with Gasteiger partial charge in [-0.05, 0) is 36.1 Å². The molecule has 3 heteroatoms. The SMILES string of the molecule is Cc1cc(OC[C@@H](O)C[NH3+])ccc1C(C)C. The molecule has 90 valence electrons. The van der Waals surface area contributed by atoms with E-state index < -0.39 is 6.10 Å². The van der Waals surface area contributed by atoms with Crippen molar-refractivity contribution >= 4 is 0 Å². The van der Waals surface area contributed by atoms with Gasteiger partial charge in [-0.1, -0.05) is 19.9 Å². The van der Waals surface area contributed by atoms with E-state index in [-0.39, 0.29) is 0 Å². The lowest BCUT2D eigenvalue weighted by molar-refractivity contribution is -0.384. The molecule has 0 aliphatic heterocycles. The molecule has 1 aromatic carbocycles. The maximum atomic E-state index is 9.34. The van der Waals surface area contributed by atoms with Crippen molar-refractivity contribution in [3.8, 4) is 5.75 Å². The minimum Gasteiger partial charge on any atom is -0.491 e. The van der Waals surface area contributed by atoms with E-state index in [9.17, 15) is 5.11 Å². The van der Waals surface area contributed by atoms with Crippen LogP contribution in [0.2, 0.25) is 0 Å². The molecule has 0 spiro atoms. The van der Waals surface area contributed by atoms with Gasteiger partial charge in [0, 0.05) is 0 Å².